The average molecular weight is 200 g/mol. The van der Waals surface area contributed by atoms with Crippen LogP contribution in [0.1, 0.15) is 25.7 Å². The molecule has 0 radical (unpaired) electrons. The second kappa shape index (κ2) is 10.4. The Kier molecular flexibility index (Phi) is 9.96. The van der Waals surface area contributed by atoms with Crippen molar-refractivity contribution in [2.75, 3.05) is 13.2 Å². The van der Waals surface area contributed by atoms with E-state index in [0.717, 1.165) is 19.3 Å². The molecule has 0 heterocycles. The Bertz CT molecular complexity index is 153. The van der Waals surface area contributed by atoms with Gasteiger partial charge in [0.05, 0.1) is 13.2 Å². The number of aliphatic hydroxyl groups is 2. The molecule has 0 amide bonds. The van der Waals surface area contributed by atoms with Crippen LogP contribution < -0.4 is 0 Å². The van der Waals surface area contributed by atoms with Crippen LogP contribution in [-0.4, -0.2) is 29.7 Å². The van der Waals surface area contributed by atoms with E-state index in [4.69, 9.17) is 14.9 Å². The smallest absolute Gasteiger partial charge is 0.153 e. The Balaban J connectivity index is 3.07. The van der Waals surface area contributed by atoms with Gasteiger partial charge in [-0.15, -0.1) is 6.58 Å². The van der Waals surface area contributed by atoms with Gasteiger partial charge in [-0.3, -0.25) is 0 Å². The maximum Gasteiger partial charge on any atom is 0.153 e. The molecule has 0 aliphatic carbocycles. The zero-order valence-corrected chi connectivity index (χ0v) is 8.56. The molecule has 3 nitrogen and oxygen atoms in total. The largest absolute Gasteiger partial charge is 0.377 e. The fourth-order valence-corrected chi connectivity index (χ4v) is 0.906. The summed E-state index contributed by atoms with van der Waals surface area (Å²) < 4.78 is 5.12. The molecule has 0 aliphatic heterocycles. The van der Waals surface area contributed by atoms with Gasteiger partial charge < -0.3 is 14.9 Å². The molecule has 0 fully saturated rings. The topological polar surface area (TPSA) is 49.7 Å². The minimum atomic E-state index is -1.26. The number of hydrogen-bond acceptors (Lipinski definition) is 3. The first kappa shape index (κ1) is 13.4. The summed E-state index contributed by atoms with van der Waals surface area (Å²) in [5.74, 6) is 0. The third kappa shape index (κ3) is 11.4. The lowest BCUT2D eigenvalue weighted by atomic mass is 10.2. The molecule has 0 unspecified atom stereocenters. The third-order valence-corrected chi connectivity index (χ3v) is 1.68. The van der Waals surface area contributed by atoms with E-state index in [-0.39, 0.29) is 6.42 Å². The first-order valence-electron chi connectivity index (χ1n) is 4.97. The van der Waals surface area contributed by atoms with E-state index in [1.807, 2.05) is 12.2 Å². The quantitative estimate of drug-likeness (QED) is 0.338. The second-order valence-corrected chi connectivity index (χ2v) is 3.04. The molecule has 0 rings (SSSR count). The van der Waals surface area contributed by atoms with Gasteiger partial charge in [0, 0.05) is 6.42 Å². The molecule has 3 heteroatoms. The van der Waals surface area contributed by atoms with Crippen LogP contribution in [0.5, 0.6) is 0 Å². The SMILES string of the molecule is C=CCCCC=CCOCCC(O)O. The Hall–Kier alpha value is -0.640. The molecule has 82 valence electrons. The highest BCUT2D eigenvalue weighted by Gasteiger charge is 1.94. The Labute approximate surface area is 85.7 Å². The fraction of sp³-hybridized carbons (Fsp3) is 0.636. The van der Waals surface area contributed by atoms with Gasteiger partial charge in [-0.25, -0.2) is 0 Å². The molecule has 0 aromatic carbocycles. The van der Waals surface area contributed by atoms with Gasteiger partial charge in [-0.2, -0.15) is 0 Å². The van der Waals surface area contributed by atoms with Gasteiger partial charge in [0.1, 0.15) is 0 Å². The van der Waals surface area contributed by atoms with Crippen LogP contribution in [0, 0.1) is 0 Å². The van der Waals surface area contributed by atoms with Crippen molar-refractivity contribution in [2.45, 2.75) is 32.0 Å². The highest BCUT2D eigenvalue weighted by atomic mass is 16.5. The molecule has 0 aliphatic rings. The highest BCUT2D eigenvalue weighted by Crippen LogP contribution is 1.96. The minimum Gasteiger partial charge on any atom is -0.377 e. The molecular formula is C11H20O3. The van der Waals surface area contributed by atoms with E-state index in [9.17, 15) is 0 Å². The molecule has 14 heavy (non-hydrogen) atoms. The molecule has 0 spiro atoms. The first-order chi connectivity index (χ1) is 6.77. The Morgan fingerprint density at radius 2 is 2.00 bits per heavy atom. The lowest BCUT2D eigenvalue weighted by Gasteiger charge is -2.02. The van der Waals surface area contributed by atoms with Crippen molar-refractivity contribution in [1.82, 2.24) is 0 Å². The second-order valence-electron chi connectivity index (χ2n) is 3.04. The predicted octanol–water partition coefficient (Wildman–Crippen LogP) is 1.62. The maximum absolute atomic E-state index is 8.50. The van der Waals surface area contributed by atoms with Crippen molar-refractivity contribution in [1.29, 1.82) is 0 Å². The monoisotopic (exact) mass is 200 g/mol. The highest BCUT2D eigenvalue weighted by molar-refractivity contribution is 4.82. The fourth-order valence-electron chi connectivity index (χ4n) is 0.906. The summed E-state index contributed by atoms with van der Waals surface area (Å²) in [7, 11) is 0. The van der Waals surface area contributed by atoms with Gasteiger partial charge in [0.15, 0.2) is 6.29 Å². The van der Waals surface area contributed by atoms with Gasteiger partial charge in [-0.05, 0) is 19.3 Å². The van der Waals surface area contributed by atoms with Crippen molar-refractivity contribution < 1.29 is 14.9 Å². The third-order valence-electron chi connectivity index (χ3n) is 1.68. The lowest BCUT2D eigenvalue weighted by Crippen LogP contribution is -2.08. The summed E-state index contributed by atoms with van der Waals surface area (Å²) >= 11 is 0. The predicted molar refractivity (Wildman–Crippen MR) is 56.8 cm³/mol. The molecule has 0 saturated carbocycles. The Morgan fingerprint density at radius 1 is 1.21 bits per heavy atom. The van der Waals surface area contributed by atoms with Crippen LogP contribution in [0.2, 0.25) is 0 Å². The van der Waals surface area contributed by atoms with Gasteiger partial charge in [0.2, 0.25) is 0 Å². The van der Waals surface area contributed by atoms with Gasteiger partial charge in [-0.1, -0.05) is 18.2 Å². The number of aliphatic hydroxyl groups excluding tert-OH is 1. The van der Waals surface area contributed by atoms with Crippen molar-refractivity contribution in [3.8, 4) is 0 Å². The van der Waals surface area contributed by atoms with E-state index in [1.54, 1.807) is 0 Å². The van der Waals surface area contributed by atoms with Crippen LogP contribution in [0.15, 0.2) is 24.8 Å². The van der Waals surface area contributed by atoms with Crippen LogP contribution in [0.25, 0.3) is 0 Å². The van der Waals surface area contributed by atoms with E-state index in [2.05, 4.69) is 12.7 Å². The van der Waals surface area contributed by atoms with E-state index >= 15 is 0 Å². The standard InChI is InChI=1S/C11H20O3/c1-2-3-4-5-6-7-9-14-10-8-11(12)13/h2,6-7,11-13H,1,3-5,8-10H2. The van der Waals surface area contributed by atoms with E-state index in [0.29, 0.717) is 13.2 Å². The number of allylic oxidation sites excluding steroid dienone is 2. The summed E-state index contributed by atoms with van der Waals surface area (Å²) in [6.45, 7) is 4.57. The summed E-state index contributed by atoms with van der Waals surface area (Å²) in [6, 6.07) is 0. The molecule has 2 N–H and O–H groups in total. The molecule has 0 saturated heterocycles. The normalized spacial score (nSPS) is 11.4. The van der Waals surface area contributed by atoms with Crippen molar-refractivity contribution in [3.05, 3.63) is 24.8 Å². The minimum absolute atomic E-state index is 0.268. The van der Waals surface area contributed by atoms with Crippen molar-refractivity contribution in [3.63, 3.8) is 0 Å². The molecule has 0 bridgehead atoms. The summed E-state index contributed by atoms with van der Waals surface area (Å²) in [4.78, 5) is 0. The summed E-state index contributed by atoms with van der Waals surface area (Å²) in [5, 5.41) is 17.0. The van der Waals surface area contributed by atoms with E-state index < -0.39 is 6.29 Å². The number of unbranched alkanes of at least 4 members (excludes halogenated alkanes) is 2. The molecular weight excluding hydrogens is 180 g/mol. The lowest BCUT2D eigenvalue weighted by molar-refractivity contribution is -0.0593. The molecule has 0 aromatic rings. The molecule has 0 aromatic heterocycles. The maximum atomic E-state index is 8.50. The number of rotatable bonds is 9. The van der Waals surface area contributed by atoms with Crippen molar-refractivity contribution in [2.24, 2.45) is 0 Å². The van der Waals surface area contributed by atoms with Gasteiger partial charge in [0.25, 0.3) is 0 Å². The average Bonchev–Trinajstić information content (AvgIpc) is 2.15. The Morgan fingerprint density at radius 3 is 2.64 bits per heavy atom. The van der Waals surface area contributed by atoms with Crippen LogP contribution in [0.4, 0.5) is 0 Å². The number of hydrogen-bond donors (Lipinski definition) is 2. The van der Waals surface area contributed by atoms with Crippen LogP contribution >= 0.6 is 0 Å². The zero-order chi connectivity index (χ0) is 10.6. The van der Waals surface area contributed by atoms with Crippen LogP contribution in [-0.2, 0) is 4.74 Å². The van der Waals surface area contributed by atoms with Crippen molar-refractivity contribution >= 4 is 0 Å². The zero-order valence-electron chi connectivity index (χ0n) is 8.56. The van der Waals surface area contributed by atoms with Crippen LogP contribution in [0.3, 0.4) is 0 Å². The summed E-state index contributed by atoms with van der Waals surface area (Å²) in [5.41, 5.74) is 0. The first-order valence-corrected chi connectivity index (χ1v) is 4.97. The van der Waals surface area contributed by atoms with E-state index in [1.165, 1.54) is 0 Å². The molecule has 0 atom stereocenters. The van der Waals surface area contributed by atoms with Gasteiger partial charge >= 0.3 is 0 Å². The summed E-state index contributed by atoms with van der Waals surface area (Å²) in [6.07, 6.45) is 8.14. The number of ether oxygens (including phenoxy) is 1.